The predicted molar refractivity (Wildman–Crippen MR) is 91.0 cm³/mol. The lowest BCUT2D eigenvalue weighted by molar-refractivity contribution is -0.111. The fourth-order valence-electron chi connectivity index (χ4n) is 1.95. The summed E-state index contributed by atoms with van der Waals surface area (Å²) in [5.74, 6) is 0.647. The van der Waals surface area contributed by atoms with Gasteiger partial charge in [0.25, 0.3) is 0 Å². The number of carbonyl (C=O) groups excluding carboxylic acids is 1. The van der Waals surface area contributed by atoms with Crippen molar-refractivity contribution >= 4 is 17.7 Å². The fourth-order valence-corrected chi connectivity index (χ4v) is 1.95. The molecule has 3 heteroatoms. The van der Waals surface area contributed by atoms with Crippen molar-refractivity contribution in [2.75, 3.05) is 11.9 Å². The first-order valence-electron chi connectivity index (χ1n) is 7.55. The van der Waals surface area contributed by atoms with Crippen LogP contribution < -0.4 is 10.1 Å². The van der Waals surface area contributed by atoms with Gasteiger partial charge in [0.05, 0.1) is 6.61 Å². The van der Waals surface area contributed by atoms with Crippen LogP contribution in [0.3, 0.4) is 0 Å². The molecule has 2 aromatic rings. The Morgan fingerprint density at radius 3 is 2.59 bits per heavy atom. The molecule has 114 valence electrons. The van der Waals surface area contributed by atoms with Gasteiger partial charge in [-0.25, -0.2) is 0 Å². The SMILES string of the molecule is CCCCOc1ccccc1/C=C/C(=O)Nc1ccccc1. The van der Waals surface area contributed by atoms with Crippen LogP contribution in [0.2, 0.25) is 0 Å². The summed E-state index contributed by atoms with van der Waals surface area (Å²) < 4.78 is 5.75. The second kappa shape index (κ2) is 8.67. The lowest BCUT2D eigenvalue weighted by Crippen LogP contribution is -2.07. The Kier molecular flexibility index (Phi) is 6.24. The molecule has 0 spiro atoms. The van der Waals surface area contributed by atoms with E-state index in [-0.39, 0.29) is 5.91 Å². The monoisotopic (exact) mass is 295 g/mol. The number of hydrogen-bond donors (Lipinski definition) is 1. The van der Waals surface area contributed by atoms with E-state index >= 15 is 0 Å². The van der Waals surface area contributed by atoms with Crippen LogP contribution >= 0.6 is 0 Å². The molecule has 0 saturated carbocycles. The number of amides is 1. The minimum absolute atomic E-state index is 0.158. The average Bonchev–Trinajstić information content (AvgIpc) is 2.55. The van der Waals surface area contributed by atoms with Crippen molar-refractivity contribution in [1.29, 1.82) is 0 Å². The molecule has 0 saturated heterocycles. The van der Waals surface area contributed by atoms with Crippen molar-refractivity contribution in [3.05, 3.63) is 66.2 Å². The van der Waals surface area contributed by atoms with Gasteiger partial charge < -0.3 is 10.1 Å². The van der Waals surface area contributed by atoms with Crippen molar-refractivity contribution in [3.8, 4) is 5.75 Å². The molecule has 1 amide bonds. The number of hydrogen-bond acceptors (Lipinski definition) is 2. The third-order valence-electron chi connectivity index (χ3n) is 3.13. The predicted octanol–water partition coefficient (Wildman–Crippen LogP) is 4.52. The number of rotatable bonds is 7. The quantitative estimate of drug-likeness (QED) is 0.602. The van der Waals surface area contributed by atoms with Crippen LogP contribution in [0.25, 0.3) is 6.08 Å². The summed E-state index contributed by atoms with van der Waals surface area (Å²) >= 11 is 0. The van der Waals surface area contributed by atoms with Gasteiger partial charge in [-0.15, -0.1) is 0 Å². The number of para-hydroxylation sites is 2. The Hall–Kier alpha value is -2.55. The number of unbranched alkanes of at least 4 members (excludes halogenated alkanes) is 1. The summed E-state index contributed by atoms with van der Waals surface area (Å²) in [6.07, 6.45) is 5.42. The molecule has 0 heterocycles. The van der Waals surface area contributed by atoms with E-state index in [0.29, 0.717) is 6.61 Å². The first-order valence-corrected chi connectivity index (χ1v) is 7.55. The van der Waals surface area contributed by atoms with Gasteiger partial charge in [0.15, 0.2) is 0 Å². The summed E-state index contributed by atoms with van der Waals surface area (Å²) in [6, 6.07) is 17.1. The molecule has 0 unspecified atom stereocenters. The van der Waals surface area contributed by atoms with Gasteiger partial charge in [0, 0.05) is 17.3 Å². The summed E-state index contributed by atoms with van der Waals surface area (Å²) in [5.41, 5.74) is 1.69. The number of ether oxygens (including phenoxy) is 1. The normalized spacial score (nSPS) is 10.6. The minimum Gasteiger partial charge on any atom is -0.493 e. The second-order valence-electron chi connectivity index (χ2n) is 4.93. The van der Waals surface area contributed by atoms with Crippen LogP contribution in [0.5, 0.6) is 5.75 Å². The molecule has 2 aromatic carbocycles. The highest BCUT2D eigenvalue weighted by molar-refractivity contribution is 6.02. The Morgan fingerprint density at radius 2 is 1.82 bits per heavy atom. The van der Waals surface area contributed by atoms with Gasteiger partial charge in [-0.2, -0.15) is 0 Å². The highest BCUT2D eigenvalue weighted by Gasteiger charge is 2.01. The van der Waals surface area contributed by atoms with Crippen LogP contribution in [-0.4, -0.2) is 12.5 Å². The Balaban J connectivity index is 1.98. The Morgan fingerprint density at radius 1 is 1.09 bits per heavy atom. The number of anilines is 1. The van der Waals surface area contributed by atoms with Crippen molar-refractivity contribution in [3.63, 3.8) is 0 Å². The van der Waals surface area contributed by atoms with E-state index in [4.69, 9.17) is 4.74 Å². The smallest absolute Gasteiger partial charge is 0.248 e. The van der Waals surface area contributed by atoms with Gasteiger partial charge in [-0.1, -0.05) is 49.7 Å². The standard InChI is InChI=1S/C19H21NO2/c1-2-3-15-22-18-12-8-7-9-16(18)13-14-19(21)20-17-10-5-4-6-11-17/h4-14H,2-3,15H2,1H3,(H,20,21)/b14-13+. The Bertz CT molecular complexity index is 620. The molecule has 0 aromatic heterocycles. The lowest BCUT2D eigenvalue weighted by Gasteiger charge is -2.08. The van der Waals surface area contributed by atoms with Crippen LogP contribution in [0.1, 0.15) is 25.3 Å². The zero-order valence-corrected chi connectivity index (χ0v) is 12.8. The molecule has 2 rings (SSSR count). The van der Waals surface area contributed by atoms with E-state index < -0.39 is 0 Å². The topological polar surface area (TPSA) is 38.3 Å². The van der Waals surface area contributed by atoms with Crippen LogP contribution in [-0.2, 0) is 4.79 Å². The average molecular weight is 295 g/mol. The molecule has 0 aliphatic rings. The molecule has 0 fully saturated rings. The molecule has 3 nitrogen and oxygen atoms in total. The van der Waals surface area contributed by atoms with Crippen molar-refractivity contribution in [2.24, 2.45) is 0 Å². The molecule has 0 aliphatic heterocycles. The van der Waals surface area contributed by atoms with Crippen LogP contribution in [0, 0.1) is 0 Å². The van der Waals surface area contributed by atoms with Crippen molar-refractivity contribution in [2.45, 2.75) is 19.8 Å². The number of nitrogens with one attached hydrogen (secondary N) is 1. The molecule has 0 radical (unpaired) electrons. The largest absolute Gasteiger partial charge is 0.493 e. The van der Waals surface area contributed by atoms with Gasteiger partial charge in [-0.05, 0) is 30.7 Å². The summed E-state index contributed by atoms with van der Waals surface area (Å²) in [6.45, 7) is 2.82. The number of benzene rings is 2. The first-order chi connectivity index (χ1) is 10.8. The molecular weight excluding hydrogens is 274 g/mol. The van der Waals surface area contributed by atoms with E-state index in [0.717, 1.165) is 29.8 Å². The maximum atomic E-state index is 11.9. The Labute approximate surface area is 131 Å². The van der Waals surface area contributed by atoms with E-state index in [9.17, 15) is 4.79 Å². The fraction of sp³-hybridized carbons (Fsp3) is 0.211. The molecule has 0 bridgehead atoms. The summed E-state index contributed by atoms with van der Waals surface area (Å²) in [5, 5.41) is 2.82. The maximum absolute atomic E-state index is 11.9. The van der Waals surface area contributed by atoms with E-state index in [1.807, 2.05) is 54.6 Å². The van der Waals surface area contributed by atoms with Gasteiger partial charge in [-0.3, -0.25) is 4.79 Å². The lowest BCUT2D eigenvalue weighted by atomic mass is 10.2. The van der Waals surface area contributed by atoms with Crippen molar-refractivity contribution in [1.82, 2.24) is 0 Å². The van der Waals surface area contributed by atoms with Gasteiger partial charge >= 0.3 is 0 Å². The zero-order chi connectivity index (χ0) is 15.6. The van der Waals surface area contributed by atoms with Crippen molar-refractivity contribution < 1.29 is 9.53 Å². The second-order valence-corrected chi connectivity index (χ2v) is 4.93. The summed E-state index contributed by atoms with van der Waals surface area (Å²) in [7, 11) is 0. The molecule has 0 atom stereocenters. The van der Waals surface area contributed by atoms with E-state index in [2.05, 4.69) is 12.2 Å². The van der Waals surface area contributed by atoms with Gasteiger partial charge in [0.2, 0.25) is 5.91 Å². The molecular formula is C19H21NO2. The first kappa shape index (κ1) is 15.8. The van der Waals surface area contributed by atoms with E-state index in [1.165, 1.54) is 6.08 Å². The number of carbonyl (C=O) groups is 1. The minimum atomic E-state index is -0.158. The maximum Gasteiger partial charge on any atom is 0.248 e. The highest BCUT2D eigenvalue weighted by atomic mass is 16.5. The zero-order valence-electron chi connectivity index (χ0n) is 12.8. The van der Waals surface area contributed by atoms with Gasteiger partial charge in [0.1, 0.15) is 5.75 Å². The molecule has 0 aliphatic carbocycles. The van der Waals surface area contributed by atoms with E-state index in [1.54, 1.807) is 6.08 Å². The highest BCUT2D eigenvalue weighted by Crippen LogP contribution is 2.20. The molecule has 22 heavy (non-hydrogen) atoms. The summed E-state index contributed by atoms with van der Waals surface area (Å²) in [4.78, 5) is 11.9. The molecule has 1 N–H and O–H groups in total. The third kappa shape index (κ3) is 5.09. The van der Waals surface area contributed by atoms with Crippen LogP contribution in [0.15, 0.2) is 60.7 Å². The van der Waals surface area contributed by atoms with Crippen LogP contribution in [0.4, 0.5) is 5.69 Å². The third-order valence-corrected chi connectivity index (χ3v) is 3.13.